The number of piperidine rings is 1. The van der Waals surface area contributed by atoms with Gasteiger partial charge in [-0.1, -0.05) is 18.2 Å². The lowest BCUT2D eigenvalue weighted by molar-refractivity contribution is -0.149. The Morgan fingerprint density at radius 3 is 2.51 bits per heavy atom. The van der Waals surface area contributed by atoms with Crippen LogP contribution in [0.1, 0.15) is 64.1 Å². The molecule has 4 saturated heterocycles. The van der Waals surface area contributed by atoms with Crippen molar-refractivity contribution in [1.82, 2.24) is 44.3 Å². The van der Waals surface area contributed by atoms with E-state index >= 15 is 13.2 Å². The number of urea groups is 1. The van der Waals surface area contributed by atoms with E-state index in [4.69, 9.17) is 0 Å². The van der Waals surface area contributed by atoms with Crippen LogP contribution < -0.4 is 20.4 Å². The third-order valence-corrected chi connectivity index (χ3v) is 15.6. The van der Waals surface area contributed by atoms with Gasteiger partial charge in [0.1, 0.15) is 5.82 Å². The number of nitrogens with one attached hydrogen (secondary N) is 2. The quantitative estimate of drug-likeness (QED) is 0.178. The second-order valence-electron chi connectivity index (χ2n) is 19.5. The molecule has 0 radical (unpaired) electrons. The number of imidazole rings is 1. The molecule has 4 fully saturated rings. The van der Waals surface area contributed by atoms with Crippen molar-refractivity contribution in [3.05, 3.63) is 106 Å². The van der Waals surface area contributed by atoms with Crippen LogP contribution in [0.15, 0.2) is 72.5 Å². The molecule has 17 nitrogen and oxygen atoms in total. The zero-order chi connectivity index (χ0) is 48.2. The number of likely N-dealkylation sites (tertiary alicyclic amines) is 2. The summed E-state index contributed by atoms with van der Waals surface area (Å²) in [7, 11) is 1.69. The van der Waals surface area contributed by atoms with Crippen LogP contribution in [-0.4, -0.2) is 127 Å². The predicted octanol–water partition coefficient (Wildman–Crippen LogP) is 5.53. The Hall–Kier alpha value is -7.13. The number of aromatic nitrogens is 5. The molecule has 6 aromatic rings. The molecule has 6 aliphatic heterocycles. The first-order valence-electron chi connectivity index (χ1n) is 23.4. The fourth-order valence-electron chi connectivity index (χ4n) is 11.4. The van der Waals surface area contributed by atoms with Gasteiger partial charge in [0.25, 0.3) is 17.7 Å². The van der Waals surface area contributed by atoms with Crippen molar-refractivity contribution >= 4 is 68.5 Å². The molecule has 3 aromatic heterocycles. The number of thiazole rings is 1. The summed E-state index contributed by atoms with van der Waals surface area (Å²) in [5, 5.41) is 12.4. The van der Waals surface area contributed by atoms with E-state index in [-0.39, 0.29) is 60.8 Å². The highest BCUT2D eigenvalue weighted by Crippen LogP contribution is 2.45. The van der Waals surface area contributed by atoms with Crippen molar-refractivity contribution in [2.24, 2.45) is 12.5 Å². The first-order chi connectivity index (χ1) is 33.7. The second kappa shape index (κ2) is 16.5. The number of halogens is 3. The summed E-state index contributed by atoms with van der Waals surface area (Å²) in [4.78, 5) is 82.7. The van der Waals surface area contributed by atoms with E-state index in [0.29, 0.717) is 58.3 Å². The number of benzene rings is 3. The number of imide groups is 1. The van der Waals surface area contributed by atoms with Crippen LogP contribution in [0.5, 0.6) is 0 Å². The number of carbonyl (C=O) groups excluding carboxylic acids is 5. The molecule has 6 amide bonds. The molecule has 1 unspecified atom stereocenters. The minimum Gasteiger partial charge on any atom is -0.370 e. The smallest absolute Gasteiger partial charge is 0.329 e. The zero-order valence-corrected chi connectivity index (χ0v) is 38.9. The van der Waals surface area contributed by atoms with E-state index in [9.17, 15) is 24.0 Å². The summed E-state index contributed by atoms with van der Waals surface area (Å²) in [5.41, 5.74) is 5.01. The van der Waals surface area contributed by atoms with Crippen molar-refractivity contribution in [2.75, 3.05) is 67.5 Å². The van der Waals surface area contributed by atoms with E-state index in [1.807, 2.05) is 28.8 Å². The summed E-state index contributed by atoms with van der Waals surface area (Å²) in [5.74, 6) is -5.77. The van der Waals surface area contributed by atoms with Gasteiger partial charge in [-0.2, -0.15) is 5.10 Å². The molecule has 360 valence electrons. The highest BCUT2D eigenvalue weighted by atomic mass is 32.1. The van der Waals surface area contributed by atoms with Crippen LogP contribution in [0, 0.1) is 11.2 Å². The van der Waals surface area contributed by atoms with Gasteiger partial charge in [-0.15, -0.1) is 11.3 Å². The van der Waals surface area contributed by atoms with Gasteiger partial charge in [-0.3, -0.25) is 44.3 Å². The number of alkyl halides is 2. The molecular formula is C49H47F3N12O5S. The van der Waals surface area contributed by atoms with Crippen molar-refractivity contribution in [3.63, 3.8) is 0 Å². The van der Waals surface area contributed by atoms with E-state index in [0.717, 1.165) is 49.4 Å². The largest absolute Gasteiger partial charge is 0.370 e. The molecule has 6 aliphatic rings. The molecule has 9 heterocycles. The zero-order valence-electron chi connectivity index (χ0n) is 38.0. The highest BCUT2D eigenvalue weighted by Gasteiger charge is 2.54. The molecule has 3 aromatic carbocycles. The topological polar surface area (TPSA) is 174 Å². The van der Waals surface area contributed by atoms with E-state index in [1.54, 1.807) is 63.7 Å². The molecule has 0 aliphatic carbocycles. The molecule has 21 heteroatoms. The lowest BCUT2D eigenvalue weighted by Gasteiger charge is -2.61. The van der Waals surface area contributed by atoms with Crippen molar-refractivity contribution in [3.8, 4) is 11.1 Å². The van der Waals surface area contributed by atoms with Crippen LogP contribution in [0.25, 0.3) is 22.0 Å². The number of rotatable bonds is 10. The summed E-state index contributed by atoms with van der Waals surface area (Å²) in [6.45, 7) is 3.11. The highest BCUT2D eigenvalue weighted by molar-refractivity contribution is 7.13. The monoisotopic (exact) mass is 972 g/mol. The number of aryl methyl sites for hydroxylation is 2. The van der Waals surface area contributed by atoms with Gasteiger partial charge in [-0.05, 0) is 78.9 Å². The van der Waals surface area contributed by atoms with Crippen LogP contribution >= 0.6 is 11.3 Å². The minimum absolute atomic E-state index is 0.0775. The van der Waals surface area contributed by atoms with Crippen LogP contribution in [-0.2, 0) is 40.9 Å². The van der Waals surface area contributed by atoms with Gasteiger partial charge in [0.15, 0.2) is 17.0 Å². The number of amides is 6. The SMILES string of the molecule is Cn1nc(N2CCC(=O)NC2=O)c2ccc([C@H]3CCN(CC(=O)N4CC5(C4)CN(c4ccc(-c6cc(F)c7c(c6)C(=O)N(C(C(=O)Nc6nccs6)c6ncn8c6CCC8)C7)cc4)C5)CC3(F)F)cc21. The first-order valence-corrected chi connectivity index (χ1v) is 24.3. The van der Waals surface area contributed by atoms with Crippen molar-refractivity contribution in [1.29, 1.82) is 0 Å². The third-order valence-electron chi connectivity index (χ3n) is 14.9. The maximum absolute atomic E-state index is 16.0. The van der Waals surface area contributed by atoms with Gasteiger partial charge in [0.05, 0.1) is 43.1 Å². The Bertz CT molecular complexity index is 3140. The van der Waals surface area contributed by atoms with Crippen LogP contribution in [0.2, 0.25) is 0 Å². The number of nitrogens with zero attached hydrogens (tertiary/aromatic N) is 10. The van der Waals surface area contributed by atoms with Gasteiger partial charge >= 0.3 is 6.03 Å². The third kappa shape index (κ3) is 7.47. The molecule has 0 bridgehead atoms. The summed E-state index contributed by atoms with van der Waals surface area (Å²) in [6, 6.07) is 14.2. The summed E-state index contributed by atoms with van der Waals surface area (Å²) in [6.07, 6.45) is 5.19. The van der Waals surface area contributed by atoms with Crippen LogP contribution in [0.4, 0.5) is 34.6 Å². The van der Waals surface area contributed by atoms with Gasteiger partial charge < -0.3 is 19.3 Å². The van der Waals surface area contributed by atoms with Crippen molar-refractivity contribution in [2.45, 2.75) is 56.7 Å². The molecule has 1 spiro atoms. The molecule has 12 rings (SSSR count). The molecular weight excluding hydrogens is 926 g/mol. The Morgan fingerprint density at radius 2 is 1.76 bits per heavy atom. The first kappa shape index (κ1) is 44.1. The number of hydrogen-bond acceptors (Lipinski definition) is 11. The fraction of sp³-hybridized carbons (Fsp3) is 0.388. The minimum atomic E-state index is -3.10. The lowest BCUT2D eigenvalue weighted by Crippen LogP contribution is -2.73. The number of hydrogen-bond donors (Lipinski definition) is 2. The molecule has 2 atom stereocenters. The lowest BCUT2D eigenvalue weighted by atomic mass is 9.72. The Kier molecular flexibility index (Phi) is 10.4. The molecule has 70 heavy (non-hydrogen) atoms. The Labute approximate surface area is 402 Å². The van der Waals surface area contributed by atoms with Crippen LogP contribution in [0.3, 0.4) is 0 Å². The fourth-order valence-corrected chi connectivity index (χ4v) is 11.9. The number of fused-ring (bicyclic) bond motifs is 3. The predicted molar refractivity (Wildman–Crippen MR) is 252 cm³/mol. The van der Waals surface area contributed by atoms with Crippen molar-refractivity contribution < 1.29 is 37.1 Å². The van der Waals surface area contributed by atoms with E-state index in [1.165, 1.54) is 27.2 Å². The maximum Gasteiger partial charge on any atom is 0.329 e. The maximum atomic E-state index is 16.0. The number of carbonyl (C=O) groups is 5. The van der Waals surface area contributed by atoms with Gasteiger partial charge in [0, 0.05) is 97.6 Å². The van der Waals surface area contributed by atoms with Gasteiger partial charge in [-0.25, -0.2) is 27.9 Å². The van der Waals surface area contributed by atoms with E-state index in [2.05, 4.69) is 30.6 Å². The average molecular weight is 973 g/mol. The average Bonchev–Trinajstić information content (AvgIpc) is 4.16. The molecule has 0 saturated carbocycles. The standard InChI is InChI=1S/C49H47F3N12O5S/c1-58-38-19-29(6-9-32(38)43(57-58)63-15-11-39(65)55-47(63)69)35-10-14-59(26-49(35,51)52)21-40(66)62-24-48(25-62)22-61(23-48)31-7-4-28(5-8-31)30-17-33-34(36(50)18-30)20-64(45(33)68)42(44(67)56-46-53-12-16-70-46)41-37-3-2-13-60(37)27-54-41/h4-9,12,16-19,27,35,42H,2-3,10-11,13-15,20-26H2,1H3,(H,53,56,67)(H,55,65,69)/t35-,42?/m1/s1. The van der Waals surface area contributed by atoms with Gasteiger partial charge in [0.2, 0.25) is 11.8 Å². The normalized spacial score (nSPS) is 20.9. The van der Waals surface area contributed by atoms with E-state index < -0.39 is 48.1 Å². The summed E-state index contributed by atoms with van der Waals surface area (Å²) >= 11 is 1.26. The second-order valence-corrected chi connectivity index (χ2v) is 20.4. The Balaban J connectivity index is 0.651. The Morgan fingerprint density at radius 1 is 0.943 bits per heavy atom. The molecule has 2 N–H and O–H groups in total. The summed E-state index contributed by atoms with van der Waals surface area (Å²) < 4.78 is 51.3. The number of anilines is 3.